The zero-order valence-electron chi connectivity index (χ0n) is 13.7. The highest BCUT2D eigenvalue weighted by molar-refractivity contribution is 5.76. The summed E-state index contributed by atoms with van der Waals surface area (Å²) in [5.74, 6) is -0.364. The van der Waals surface area contributed by atoms with Crippen molar-refractivity contribution in [2.45, 2.75) is 25.2 Å². The number of aryl methyl sites for hydroxylation is 1. The number of aromatic nitrogens is 2. The molecule has 1 aromatic heterocycles. The smallest absolute Gasteiger partial charge is 0.395 e. The van der Waals surface area contributed by atoms with Crippen LogP contribution in [0.25, 0.3) is 5.69 Å². The third-order valence-corrected chi connectivity index (χ3v) is 3.55. The second-order valence-corrected chi connectivity index (χ2v) is 5.61. The number of hydrogen-bond acceptors (Lipinski definition) is 3. The number of carbonyl (C=O) groups is 1. The molecule has 0 bridgehead atoms. The fraction of sp³-hybridized carbons (Fsp3) is 0.375. The molecule has 0 unspecified atom stereocenters. The Morgan fingerprint density at radius 1 is 1.07 bits per heavy atom. The molecule has 27 heavy (non-hydrogen) atoms. The van der Waals surface area contributed by atoms with Gasteiger partial charge in [0.15, 0.2) is 0 Å². The van der Waals surface area contributed by atoms with Crippen LogP contribution in [0.4, 0.5) is 26.3 Å². The van der Waals surface area contributed by atoms with E-state index in [2.05, 4.69) is 10.3 Å². The maximum absolute atomic E-state index is 12.9. The molecule has 0 atom stereocenters. The lowest BCUT2D eigenvalue weighted by atomic mass is 10.1. The highest BCUT2D eigenvalue weighted by atomic mass is 19.4. The molecule has 11 heteroatoms. The van der Waals surface area contributed by atoms with Gasteiger partial charge in [-0.3, -0.25) is 4.79 Å². The monoisotopic (exact) mass is 395 g/mol. The summed E-state index contributed by atoms with van der Waals surface area (Å²) in [6.07, 6.45) is -7.40. The molecule has 1 amide bonds. The zero-order chi connectivity index (χ0) is 20.2. The number of nitrogens with zero attached hydrogens (tertiary/aromatic N) is 2. The molecule has 2 aromatic rings. The number of nitrogens with one attached hydrogen (secondary N) is 1. The topological polar surface area (TPSA) is 67.2 Å². The van der Waals surface area contributed by atoms with Crippen molar-refractivity contribution in [2.24, 2.45) is 0 Å². The summed E-state index contributed by atoms with van der Waals surface area (Å²) in [7, 11) is 0. The summed E-state index contributed by atoms with van der Waals surface area (Å²) >= 11 is 0. The average molecular weight is 395 g/mol. The van der Waals surface area contributed by atoms with Crippen molar-refractivity contribution in [2.75, 3.05) is 13.2 Å². The maximum atomic E-state index is 12.9. The van der Waals surface area contributed by atoms with Gasteiger partial charge >= 0.3 is 12.4 Å². The Morgan fingerprint density at radius 2 is 1.67 bits per heavy atom. The molecule has 148 valence electrons. The molecule has 0 aliphatic heterocycles. The van der Waals surface area contributed by atoms with Gasteiger partial charge in [-0.05, 0) is 24.6 Å². The van der Waals surface area contributed by atoms with Crippen LogP contribution in [0.5, 0.6) is 0 Å². The van der Waals surface area contributed by atoms with Crippen molar-refractivity contribution in [1.82, 2.24) is 14.9 Å². The first kappa shape index (κ1) is 20.7. The maximum Gasteiger partial charge on any atom is 0.416 e. The number of halogens is 6. The highest BCUT2D eigenvalue weighted by Gasteiger charge is 2.37. The predicted molar refractivity (Wildman–Crippen MR) is 82.0 cm³/mol. The largest absolute Gasteiger partial charge is 0.416 e. The van der Waals surface area contributed by atoms with Gasteiger partial charge in [-0.2, -0.15) is 26.3 Å². The van der Waals surface area contributed by atoms with Crippen molar-refractivity contribution in [3.05, 3.63) is 47.5 Å². The molecule has 2 N–H and O–H groups in total. The molecule has 1 heterocycles. The molecule has 0 aliphatic rings. The van der Waals surface area contributed by atoms with E-state index in [-0.39, 0.29) is 43.7 Å². The van der Waals surface area contributed by atoms with Crippen molar-refractivity contribution in [1.29, 1.82) is 0 Å². The number of imidazole rings is 1. The molecule has 2 rings (SSSR count). The molecule has 0 saturated carbocycles. The van der Waals surface area contributed by atoms with Gasteiger partial charge in [-0.15, -0.1) is 0 Å². The zero-order valence-corrected chi connectivity index (χ0v) is 13.7. The standard InChI is InChI=1S/C16H15F6N3O2/c17-15(18,19)10-5-11(16(20,21)22)7-13(6-10)25-8-12(24-9-25)1-2-14(27)23-3-4-26/h5-9,26H,1-4H2,(H,23,27). The second-order valence-electron chi connectivity index (χ2n) is 5.61. The number of benzene rings is 1. The van der Waals surface area contributed by atoms with Gasteiger partial charge in [-0.25, -0.2) is 4.98 Å². The van der Waals surface area contributed by atoms with E-state index >= 15 is 0 Å². The Morgan fingerprint density at radius 3 is 2.19 bits per heavy atom. The minimum atomic E-state index is -4.94. The Balaban J connectivity index is 2.25. The van der Waals surface area contributed by atoms with E-state index in [1.165, 1.54) is 6.20 Å². The van der Waals surface area contributed by atoms with Crippen molar-refractivity contribution in [3.63, 3.8) is 0 Å². The average Bonchev–Trinajstić information content (AvgIpc) is 3.05. The van der Waals surface area contributed by atoms with Gasteiger partial charge in [-0.1, -0.05) is 0 Å². The fourth-order valence-corrected chi connectivity index (χ4v) is 2.25. The number of hydrogen-bond donors (Lipinski definition) is 2. The predicted octanol–water partition coefficient (Wildman–Crippen LogP) is 2.95. The van der Waals surface area contributed by atoms with Crippen LogP contribution in [0.1, 0.15) is 23.2 Å². The van der Waals surface area contributed by atoms with Crippen LogP contribution in [-0.2, 0) is 23.6 Å². The van der Waals surface area contributed by atoms with E-state index in [9.17, 15) is 31.1 Å². The van der Waals surface area contributed by atoms with E-state index in [0.717, 1.165) is 10.9 Å². The van der Waals surface area contributed by atoms with Crippen LogP contribution in [0.3, 0.4) is 0 Å². The van der Waals surface area contributed by atoms with Crippen LogP contribution in [0.2, 0.25) is 0 Å². The summed E-state index contributed by atoms with van der Waals surface area (Å²) in [5.41, 5.74) is -2.88. The van der Waals surface area contributed by atoms with Crippen LogP contribution >= 0.6 is 0 Å². The molecular formula is C16H15F6N3O2. The van der Waals surface area contributed by atoms with E-state index in [0.29, 0.717) is 17.8 Å². The summed E-state index contributed by atoms with van der Waals surface area (Å²) in [6.45, 7) is -0.144. The first-order chi connectivity index (χ1) is 12.5. The van der Waals surface area contributed by atoms with Crippen molar-refractivity contribution < 1.29 is 36.2 Å². The minimum Gasteiger partial charge on any atom is -0.395 e. The first-order valence-corrected chi connectivity index (χ1v) is 7.71. The van der Waals surface area contributed by atoms with Crippen LogP contribution < -0.4 is 5.32 Å². The van der Waals surface area contributed by atoms with Gasteiger partial charge in [0.05, 0.1) is 29.8 Å². The van der Waals surface area contributed by atoms with E-state index in [1.807, 2.05) is 0 Å². The molecular weight excluding hydrogens is 380 g/mol. The van der Waals surface area contributed by atoms with Gasteiger partial charge in [0.25, 0.3) is 0 Å². The normalized spacial score (nSPS) is 12.3. The molecule has 0 aliphatic carbocycles. The molecule has 0 fully saturated rings. The SMILES string of the molecule is O=C(CCc1cn(-c2cc(C(F)(F)F)cc(C(F)(F)F)c2)cn1)NCCO. The third-order valence-electron chi connectivity index (χ3n) is 3.55. The van der Waals surface area contributed by atoms with Gasteiger partial charge < -0.3 is 15.0 Å². The van der Waals surface area contributed by atoms with Crippen LogP contribution in [0.15, 0.2) is 30.7 Å². The summed E-state index contributed by atoms with van der Waals surface area (Å²) in [4.78, 5) is 15.4. The van der Waals surface area contributed by atoms with Crippen molar-refractivity contribution >= 4 is 5.91 Å². The number of rotatable bonds is 6. The number of amides is 1. The summed E-state index contributed by atoms with van der Waals surface area (Å²) in [6, 6.07) is 1.23. The molecule has 1 aromatic carbocycles. The lowest BCUT2D eigenvalue weighted by Gasteiger charge is -2.14. The number of alkyl halides is 6. The number of aliphatic hydroxyl groups excluding tert-OH is 1. The van der Waals surface area contributed by atoms with Crippen LogP contribution in [0, 0.1) is 0 Å². The molecule has 0 radical (unpaired) electrons. The quantitative estimate of drug-likeness (QED) is 0.740. The Labute approximate surface area is 149 Å². The summed E-state index contributed by atoms with van der Waals surface area (Å²) < 4.78 is 78.5. The number of carbonyl (C=O) groups excluding carboxylic acids is 1. The Kier molecular flexibility index (Phi) is 6.14. The van der Waals surface area contributed by atoms with Gasteiger partial charge in [0.1, 0.15) is 0 Å². The van der Waals surface area contributed by atoms with Crippen LogP contribution in [-0.4, -0.2) is 33.7 Å². The molecule has 0 spiro atoms. The fourth-order valence-electron chi connectivity index (χ4n) is 2.25. The first-order valence-electron chi connectivity index (χ1n) is 7.71. The molecule has 0 saturated heterocycles. The Hall–Kier alpha value is -2.56. The third kappa shape index (κ3) is 5.71. The van der Waals surface area contributed by atoms with Crippen molar-refractivity contribution in [3.8, 4) is 5.69 Å². The van der Waals surface area contributed by atoms with Gasteiger partial charge in [0.2, 0.25) is 5.91 Å². The Bertz CT molecular complexity index is 766. The van der Waals surface area contributed by atoms with E-state index in [1.54, 1.807) is 0 Å². The van der Waals surface area contributed by atoms with E-state index < -0.39 is 23.5 Å². The highest BCUT2D eigenvalue weighted by Crippen LogP contribution is 2.37. The second kappa shape index (κ2) is 7.99. The molecule has 5 nitrogen and oxygen atoms in total. The van der Waals surface area contributed by atoms with Gasteiger partial charge in [0, 0.05) is 24.8 Å². The lowest BCUT2D eigenvalue weighted by molar-refractivity contribution is -0.143. The van der Waals surface area contributed by atoms with E-state index in [4.69, 9.17) is 5.11 Å². The lowest BCUT2D eigenvalue weighted by Crippen LogP contribution is -2.26. The summed E-state index contributed by atoms with van der Waals surface area (Å²) in [5, 5.41) is 11.0. The number of aliphatic hydroxyl groups is 1. The minimum absolute atomic E-state index is 0.00735.